The van der Waals surface area contributed by atoms with Crippen LogP contribution in [0.15, 0.2) is 194 Å². The van der Waals surface area contributed by atoms with Crippen LogP contribution in [0.3, 0.4) is 0 Å². The molecule has 0 spiro atoms. The lowest BCUT2D eigenvalue weighted by molar-refractivity contribution is 1.09. The van der Waals surface area contributed by atoms with Crippen LogP contribution in [0, 0.1) is 25.2 Å². The van der Waals surface area contributed by atoms with E-state index in [-0.39, 0.29) is 0 Å². The highest BCUT2D eigenvalue weighted by Gasteiger charge is 2.33. The Labute approximate surface area is 353 Å². The van der Waals surface area contributed by atoms with Crippen LogP contribution >= 0.6 is 0 Å². The molecule has 0 saturated heterocycles. The number of benzene rings is 9. The lowest BCUT2D eigenvalue weighted by Gasteiger charge is -2.28. The molecule has 0 aliphatic carbocycles. The first-order valence-corrected chi connectivity index (χ1v) is 20.8. The van der Waals surface area contributed by atoms with Crippen molar-refractivity contribution in [3.05, 3.63) is 211 Å². The van der Waals surface area contributed by atoms with E-state index in [0.717, 1.165) is 94.0 Å². The van der Waals surface area contributed by atoms with E-state index in [1.54, 1.807) is 0 Å². The largest absolute Gasteiger partial charge is 0.308 e. The van der Waals surface area contributed by atoms with E-state index in [0.29, 0.717) is 5.56 Å². The Morgan fingerprint density at radius 1 is 0.328 bits per heavy atom. The number of nitrogens with zero attached hydrogens (tertiary/aromatic N) is 4. The molecule has 4 nitrogen and oxygen atoms in total. The molecule has 3 heterocycles. The first-order chi connectivity index (χ1) is 30.1. The van der Waals surface area contributed by atoms with Crippen molar-refractivity contribution >= 4 is 65.4 Å². The first kappa shape index (κ1) is 34.9. The van der Waals surface area contributed by atoms with Gasteiger partial charge in [-0.2, -0.15) is 5.26 Å². The van der Waals surface area contributed by atoms with E-state index in [2.05, 4.69) is 228 Å². The molecule has 9 aromatic carbocycles. The number of aromatic nitrogens is 3. The summed E-state index contributed by atoms with van der Waals surface area (Å²) in [7, 11) is 0. The second kappa shape index (κ2) is 13.5. The molecule has 61 heavy (non-hydrogen) atoms. The van der Waals surface area contributed by atoms with Crippen LogP contribution in [-0.2, 0) is 0 Å². The SMILES string of the molecule is Cc1ccc2c(c1)c1cc(C)ccc1n2-c1c(-c2ccccc2)c(-n2c3ccccc3c3ccccc32)c(C#N)c(-n2c3ccccc3c3ccccc32)c1-c1ccccc1. The fourth-order valence-corrected chi connectivity index (χ4v) is 10.1. The van der Waals surface area contributed by atoms with E-state index < -0.39 is 0 Å². The molecule has 0 saturated carbocycles. The molecule has 0 atom stereocenters. The number of hydrogen-bond donors (Lipinski definition) is 0. The van der Waals surface area contributed by atoms with Crippen LogP contribution in [0.4, 0.5) is 0 Å². The molecule has 3 aromatic heterocycles. The molecular formula is C57H38N4. The maximum absolute atomic E-state index is 12.2. The predicted molar refractivity (Wildman–Crippen MR) is 255 cm³/mol. The van der Waals surface area contributed by atoms with Gasteiger partial charge in [0.2, 0.25) is 0 Å². The Morgan fingerprint density at radius 2 is 0.639 bits per heavy atom. The van der Waals surface area contributed by atoms with E-state index in [9.17, 15) is 5.26 Å². The van der Waals surface area contributed by atoms with Gasteiger partial charge in [-0.05, 0) is 73.5 Å². The summed E-state index contributed by atoms with van der Waals surface area (Å²) in [6.45, 7) is 4.34. The summed E-state index contributed by atoms with van der Waals surface area (Å²) in [4.78, 5) is 0. The fraction of sp³-hybridized carbons (Fsp3) is 0.0351. The van der Waals surface area contributed by atoms with Crippen molar-refractivity contribution in [1.29, 1.82) is 5.26 Å². The van der Waals surface area contributed by atoms with Gasteiger partial charge in [0.15, 0.2) is 0 Å². The van der Waals surface area contributed by atoms with Gasteiger partial charge in [-0.3, -0.25) is 0 Å². The Kier molecular flexibility index (Phi) is 7.69. The topological polar surface area (TPSA) is 38.6 Å². The van der Waals surface area contributed by atoms with Crippen LogP contribution < -0.4 is 0 Å². The zero-order valence-electron chi connectivity index (χ0n) is 33.8. The van der Waals surface area contributed by atoms with Crippen LogP contribution in [0.1, 0.15) is 16.7 Å². The molecule has 0 amide bonds. The van der Waals surface area contributed by atoms with Gasteiger partial charge in [0.25, 0.3) is 0 Å². The molecule has 286 valence electrons. The second-order valence-corrected chi connectivity index (χ2v) is 16.1. The van der Waals surface area contributed by atoms with Gasteiger partial charge in [0, 0.05) is 43.4 Å². The molecule has 0 aliphatic rings. The van der Waals surface area contributed by atoms with Gasteiger partial charge in [-0.15, -0.1) is 0 Å². The smallest absolute Gasteiger partial charge is 0.104 e. The van der Waals surface area contributed by atoms with Crippen molar-refractivity contribution in [1.82, 2.24) is 13.7 Å². The van der Waals surface area contributed by atoms with E-state index in [1.165, 1.54) is 21.9 Å². The minimum Gasteiger partial charge on any atom is -0.308 e. The van der Waals surface area contributed by atoms with Gasteiger partial charge < -0.3 is 13.7 Å². The van der Waals surface area contributed by atoms with Crippen LogP contribution in [0.25, 0.3) is 105 Å². The minimum absolute atomic E-state index is 0.590. The highest BCUT2D eigenvalue weighted by Crippen LogP contribution is 2.51. The molecule has 12 aromatic rings. The van der Waals surface area contributed by atoms with Crippen LogP contribution in [0.2, 0.25) is 0 Å². The van der Waals surface area contributed by atoms with Gasteiger partial charge in [0.05, 0.1) is 50.2 Å². The van der Waals surface area contributed by atoms with E-state index >= 15 is 0 Å². The fourth-order valence-electron chi connectivity index (χ4n) is 10.1. The van der Waals surface area contributed by atoms with Crippen LogP contribution in [-0.4, -0.2) is 13.7 Å². The van der Waals surface area contributed by atoms with E-state index in [1.807, 2.05) is 0 Å². The van der Waals surface area contributed by atoms with Crippen LogP contribution in [0.5, 0.6) is 0 Å². The van der Waals surface area contributed by atoms with Gasteiger partial charge in [-0.25, -0.2) is 0 Å². The molecule has 0 unspecified atom stereocenters. The van der Waals surface area contributed by atoms with E-state index in [4.69, 9.17) is 0 Å². The third kappa shape index (κ3) is 5.05. The predicted octanol–water partition coefficient (Wildman–Crippen LogP) is 14.8. The molecule has 0 aliphatic heterocycles. The number of fused-ring (bicyclic) bond motifs is 9. The zero-order chi connectivity index (χ0) is 40.8. The standard InChI is InChI=1S/C57H38N4/c1-36-29-31-51-44(33-36)45-34-37(2)30-32-52(45)61(51)57-53(38-17-5-3-6-18-38)55(59-47-25-13-9-21-40(47)41-22-10-14-26-48(41)59)46(35-58)56(54(57)39-19-7-4-8-20-39)60-49-27-15-11-23-42(49)43-24-12-16-28-50(43)60/h3-34H,1-2H3. The number of aryl methyl sites for hydroxylation is 2. The third-order valence-electron chi connectivity index (χ3n) is 12.6. The second-order valence-electron chi connectivity index (χ2n) is 16.1. The molecule has 0 N–H and O–H groups in total. The minimum atomic E-state index is 0.590. The molecule has 0 fully saturated rings. The summed E-state index contributed by atoms with van der Waals surface area (Å²) in [6, 6.07) is 72.5. The number of nitriles is 1. The highest BCUT2D eigenvalue weighted by atomic mass is 15.1. The average molecular weight is 779 g/mol. The lowest BCUT2D eigenvalue weighted by atomic mass is 9.88. The molecule has 12 rings (SSSR count). The summed E-state index contributed by atoms with van der Waals surface area (Å²) >= 11 is 0. The highest BCUT2D eigenvalue weighted by molar-refractivity contribution is 6.16. The van der Waals surface area contributed by atoms with Crippen molar-refractivity contribution in [2.24, 2.45) is 0 Å². The van der Waals surface area contributed by atoms with Gasteiger partial charge in [-0.1, -0.05) is 157 Å². The maximum atomic E-state index is 12.2. The first-order valence-electron chi connectivity index (χ1n) is 20.8. The summed E-state index contributed by atoms with van der Waals surface area (Å²) in [5.74, 6) is 0. The Balaban J connectivity index is 1.45. The molecular weight excluding hydrogens is 741 g/mol. The molecule has 4 heteroatoms. The maximum Gasteiger partial charge on any atom is 0.104 e. The van der Waals surface area contributed by atoms with Crippen molar-refractivity contribution in [2.45, 2.75) is 13.8 Å². The monoisotopic (exact) mass is 778 g/mol. The Morgan fingerprint density at radius 3 is 1.00 bits per heavy atom. The lowest BCUT2D eigenvalue weighted by Crippen LogP contribution is -2.13. The number of hydrogen-bond acceptors (Lipinski definition) is 1. The quantitative estimate of drug-likeness (QED) is 0.171. The number of rotatable bonds is 5. The Bertz CT molecular complexity index is 3440. The zero-order valence-corrected chi connectivity index (χ0v) is 33.8. The average Bonchev–Trinajstić information content (AvgIpc) is 3.93. The summed E-state index contributed by atoms with van der Waals surface area (Å²) in [5.41, 5.74) is 16.1. The van der Waals surface area contributed by atoms with Gasteiger partial charge in [0.1, 0.15) is 11.6 Å². The Hall–Kier alpha value is -8.13. The number of para-hydroxylation sites is 4. The van der Waals surface area contributed by atoms with Crippen molar-refractivity contribution < 1.29 is 0 Å². The molecule has 0 radical (unpaired) electrons. The van der Waals surface area contributed by atoms with Crippen molar-refractivity contribution in [3.63, 3.8) is 0 Å². The molecule has 0 bridgehead atoms. The van der Waals surface area contributed by atoms with Gasteiger partial charge >= 0.3 is 0 Å². The van der Waals surface area contributed by atoms with Crippen molar-refractivity contribution in [3.8, 4) is 45.4 Å². The van der Waals surface area contributed by atoms with Crippen molar-refractivity contribution in [2.75, 3.05) is 0 Å². The third-order valence-corrected chi connectivity index (χ3v) is 12.6. The summed E-state index contributed by atoms with van der Waals surface area (Å²) < 4.78 is 7.22. The summed E-state index contributed by atoms with van der Waals surface area (Å²) in [5, 5.41) is 19.1. The normalized spacial score (nSPS) is 11.8. The summed E-state index contributed by atoms with van der Waals surface area (Å²) in [6.07, 6.45) is 0.